The summed E-state index contributed by atoms with van der Waals surface area (Å²) in [5.74, 6) is -0.0805. The van der Waals surface area contributed by atoms with Crippen LogP contribution in [0.2, 0.25) is 0 Å². The summed E-state index contributed by atoms with van der Waals surface area (Å²) in [4.78, 5) is 23.7. The lowest BCUT2D eigenvalue weighted by Crippen LogP contribution is -2.33. The van der Waals surface area contributed by atoms with Gasteiger partial charge in [0.2, 0.25) is 0 Å². The maximum Gasteiger partial charge on any atom is 0.344 e. The second kappa shape index (κ2) is 10.2. The molecule has 1 N–H and O–H groups in total. The number of benzene rings is 1. The van der Waals surface area contributed by atoms with Crippen LogP contribution in [0, 0.1) is 11.3 Å². The van der Waals surface area contributed by atoms with Crippen molar-refractivity contribution in [2.45, 2.75) is 38.6 Å². The highest BCUT2D eigenvalue weighted by atomic mass is 16.6. The first kappa shape index (κ1) is 20.3. The summed E-state index contributed by atoms with van der Waals surface area (Å²) in [7, 11) is 1.47. The minimum absolute atomic E-state index is 0.0316. The van der Waals surface area contributed by atoms with Gasteiger partial charge in [-0.25, -0.2) is 4.79 Å². The number of esters is 1. The molecule has 0 aliphatic heterocycles. The zero-order valence-electron chi connectivity index (χ0n) is 15.6. The molecule has 27 heavy (non-hydrogen) atoms. The van der Waals surface area contributed by atoms with Crippen molar-refractivity contribution in [3.8, 4) is 17.6 Å². The monoisotopic (exact) mass is 372 g/mol. The van der Waals surface area contributed by atoms with E-state index < -0.39 is 5.97 Å². The topological polar surface area (TPSA) is 97.7 Å². The van der Waals surface area contributed by atoms with Crippen molar-refractivity contribution < 1.29 is 23.8 Å². The second-order valence-corrected chi connectivity index (χ2v) is 6.13. The van der Waals surface area contributed by atoms with Gasteiger partial charge < -0.3 is 19.5 Å². The van der Waals surface area contributed by atoms with Crippen LogP contribution in [0.5, 0.6) is 11.5 Å². The highest BCUT2D eigenvalue weighted by Gasteiger charge is 2.19. The van der Waals surface area contributed by atoms with Gasteiger partial charge in [0.1, 0.15) is 11.6 Å². The lowest BCUT2D eigenvalue weighted by Gasteiger charge is -2.12. The number of nitriles is 1. The Morgan fingerprint density at radius 1 is 1.30 bits per heavy atom. The quantitative estimate of drug-likeness (QED) is 0.428. The van der Waals surface area contributed by atoms with E-state index in [1.54, 1.807) is 25.1 Å². The van der Waals surface area contributed by atoms with Gasteiger partial charge >= 0.3 is 5.97 Å². The molecule has 0 heterocycles. The standard InChI is InChI=1S/C20H24N2O5/c1-3-26-19(23)13-27-17-9-8-14(11-18(17)25-2)10-15(12-21)20(24)22-16-6-4-5-7-16/h8-11,16H,3-7,13H2,1-2H3,(H,22,24). The molecular formula is C20H24N2O5. The molecule has 7 nitrogen and oxygen atoms in total. The molecule has 0 radical (unpaired) electrons. The van der Waals surface area contributed by atoms with Crippen molar-refractivity contribution in [2.24, 2.45) is 0 Å². The number of hydrogen-bond acceptors (Lipinski definition) is 6. The van der Waals surface area contributed by atoms with Crippen molar-refractivity contribution >= 4 is 18.0 Å². The van der Waals surface area contributed by atoms with Gasteiger partial charge in [0.05, 0.1) is 13.7 Å². The van der Waals surface area contributed by atoms with Crippen molar-refractivity contribution in [3.05, 3.63) is 29.3 Å². The molecular weight excluding hydrogens is 348 g/mol. The number of ether oxygens (including phenoxy) is 3. The van der Waals surface area contributed by atoms with Gasteiger partial charge in [0, 0.05) is 6.04 Å². The molecule has 0 saturated heterocycles. The van der Waals surface area contributed by atoms with E-state index in [1.165, 1.54) is 13.2 Å². The Balaban J connectivity index is 2.09. The average Bonchev–Trinajstić information content (AvgIpc) is 3.17. The minimum atomic E-state index is -0.473. The first-order valence-corrected chi connectivity index (χ1v) is 8.96. The number of methoxy groups -OCH3 is 1. The second-order valence-electron chi connectivity index (χ2n) is 6.13. The number of amides is 1. The zero-order valence-corrected chi connectivity index (χ0v) is 15.6. The van der Waals surface area contributed by atoms with Gasteiger partial charge in [-0.05, 0) is 43.5 Å². The molecule has 0 aromatic heterocycles. The fourth-order valence-corrected chi connectivity index (χ4v) is 2.88. The third-order valence-corrected chi connectivity index (χ3v) is 4.21. The number of carbonyl (C=O) groups excluding carboxylic acids is 2. The van der Waals surface area contributed by atoms with E-state index in [-0.39, 0.29) is 30.7 Å². The van der Waals surface area contributed by atoms with Crippen LogP contribution in [0.15, 0.2) is 23.8 Å². The van der Waals surface area contributed by atoms with E-state index in [1.807, 2.05) is 6.07 Å². The largest absolute Gasteiger partial charge is 0.493 e. The number of hydrogen-bond donors (Lipinski definition) is 1. The third kappa shape index (κ3) is 6.03. The highest BCUT2D eigenvalue weighted by molar-refractivity contribution is 6.01. The Hall–Kier alpha value is -3.01. The molecule has 1 saturated carbocycles. The lowest BCUT2D eigenvalue weighted by atomic mass is 10.1. The van der Waals surface area contributed by atoms with Crippen LogP contribution in [-0.2, 0) is 14.3 Å². The maximum absolute atomic E-state index is 12.3. The van der Waals surface area contributed by atoms with Gasteiger partial charge in [-0.1, -0.05) is 18.9 Å². The minimum Gasteiger partial charge on any atom is -0.493 e. The Labute approximate surface area is 158 Å². The molecule has 7 heteroatoms. The summed E-state index contributed by atoms with van der Waals surface area (Å²) in [6.45, 7) is 1.77. The fourth-order valence-electron chi connectivity index (χ4n) is 2.88. The van der Waals surface area contributed by atoms with Gasteiger partial charge in [0.25, 0.3) is 5.91 Å². The molecule has 2 rings (SSSR count). The van der Waals surface area contributed by atoms with Gasteiger partial charge in [-0.2, -0.15) is 5.26 Å². The Kier molecular flexibility index (Phi) is 7.68. The van der Waals surface area contributed by atoms with Crippen molar-refractivity contribution in [3.63, 3.8) is 0 Å². The van der Waals surface area contributed by atoms with Gasteiger partial charge in [0.15, 0.2) is 18.1 Å². The highest BCUT2D eigenvalue weighted by Crippen LogP contribution is 2.29. The molecule has 1 amide bonds. The predicted molar refractivity (Wildman–Crippen MR) is 99.1 cm³/mol. The molecule has 0 atom stereocenters. The van der Waals surface area contributed by atoms with Gasteiger partial charge in [-0.15, -0.1) is 0 Å². The Morgan fingerprint density at radius 3 is 2.67 bits per heavy atom. The zero-order chi connectivity index (χ0) is 19.6. The third-order valence-electron chi connectivity index (χ3n) is 4.21. The van der Waals surface area contributed by atoms with Crippen LogP contribution >= 0.6 is 0 Å². The van der Waals surface area contributed by atoms with E-state index >= 15 is 0 Å². The van der Waals surface area contributed by atoms with Crippen LogP contribution in [0.25, 0.3) is 6.08 Å². The number of nitrogens with zero attached hydrogens (tertiary/aromatic N) is 1. The summed E-state index contributed by atoms with van der Waals surface area (Å²) >= 11 is 0. The van der Waals surface area contributed by atoms with Gasteiger partial charge in [-0.3, -0.25) is 4.79 Å². The number of rotatable bonds is 8. The van der Waals surface area contributed by atoms with E-state index in [0.717, 1.165) is 25.7 Å². The molecule has 1 aromatic carbocycles. The van der Waals surface area contributed by atoms with Crippen molar-refractivity contribution in [2.75, 3.05) is 20.3 Å². The molecule has 0 spiro atoms. The van der Waals surface area contributed by atoms with Crippen LogP contribution in [-0.4, -0.2) is 38.2 Å². The molecule has 0 bridgehead atoms. The molecule has 1 aliphatic rings. The molecule has 1 aromatic rings. The molecule has 1 aliphatic carbocycles. The summed E-state index contributed by atoms with van der Waals surface area (Å²) < 4.78 is 15.5. The molecule has 144 valence electrons. The maximum atomic E-state index is 12.3. The Morgan fingerprint density at radius 2 is 2.04 bits per heavy atom. The van der Waals surface area contributed by atoms with Crippen molar-refractivity contribution in [1.29, 1.82) is 5.26 Å². The summed E-state index contributed by atoms with van der Waals surface area (Å²) in [6.07, 6.45) is 5.60. The first-order chi connectivity index (χ1) is 13.1. The van der Waals surface area contributed by atoms with E-state index in [2.05, 4.69) is 5.32 Å². The van der Waals surface area contributed by atoms with Crippen LogP contribution in [0.4, 0.5) is 0 Å². The number of carbonyl (C=O) groups is 2. The first-order valence-electron chi connectivity index (χ1n) is 8.96. The summed E-state index contributed by atoms with van der Waals surface area (Å²) in [5, 5.41) is 12.2. The normalized spacial score (nSPS) is 14.3. The SMILES string of the molecule is CCOC(=O)COc1ccc(C=C(C#N)C(=O)NC2CCCC2)cc1OC. The van der Waals surface area contributed by atoms with Crippen LogP contribution in [0.3, 0.4) is 0 Å². The number of nitrogens with one attached hydrogen (secondary N) is 1. The van der Waals surface area contributed by atoms with E-state index in [0.29, 0.717) is 17.1 Å². The van der Waals surface area contributed by atoms with Crippen LogP contribution in [0.1, 0.15) is 38.2 Å². The van der Waals surface area contributed by atoms with Crippen LogP contribution < -0.4 is 14.8 Å². The summed E-state index contributed by atoms with van der Waals surface area (Å²) in [6, 6.07) is 7.03. The Bertz CT molecular complexity index is 745. The lowest BCUT2D eigenvalue weighted by molar-refractivity contribution is -0.145. The predicted octanol–water partition coefficient (Wildman–Crippen LogP) is 2.60. The molecule has 0 unspecified atom stereocenters. The smallest absolute Gasteiger partial charge is 0.344 e. The van der Waals surface area contributed by atoms with E-state index in [4.69, 9.17) is 14.2 Å². The fraction of sp³-hybridized carbons (Fsp3) is 0.450. The summed E-state index contributed by atoms with van der Waals surface area (Å²) in [5.41, 5.74) is 0.651. The molecule has 1 fully saturated rings. The van der Waals surface area contributed by atoms with E-state index in [9.17, 15) is 14.9 Å². The van der Waals surface area contributed by atoms with Crippen molar-refractivity contribution in [1.82, 2.24) is 5.32 Å². The average molecular weight is 372 g/mol.